The van der Waals surface area contributed by atoms with Gasteiger partial charge in [0.2, 0.25) is 11.8 Å². The van der Waals surface area contributed by atoms with Gasteiger partial charge in [-0.1, -0.05) is 17.8 Å². The molecular formula is C16H16F3N3O2S. The fourth-order valence-corrected chi connectivity index (χ4v) is 3.43. The van der Waals surface area contributed by atoms with Crippen molar-refractivity contribution in [1.82, 2.24) is 15.3 Å². The summed E-state index contributed by atoms with van der Waals surface area (Å²) in [4.78, 5) is 30.4. The van der Waals surface area contributed by atoms with Crippen LogP contribution in [0.3, 0.4) is 0 Å². The van der Waals surface area contributed by atoms with E-state index >= 15 is 0 Å². The maximum atomic E-state index is 13.8. The SMILES string of the molecule is O=C(CSc1nc2c(F)cccc2c(=O)[nH]1)NC1CCC(F)(F)CC1. The number of hydrogen-bond acceptors (Lipinski definition) is 4. The molecule has 25 heavy (non-hydrogen) atoms. The minimum atomic E-state index is -2.64. The number of thioether (sulfide) groups is 1. The van der Waals surface area contributed by atoms with Gasteiger partial charge >= 0.3 is 0 Å². The maximum absolute atomic E-state index is 13.8. The standard InChI is InChI=1S/C16H16F3N3O2S/c17-11-3-1-2-10-13(11)21-15(22-14(10)24)25-8-12(23)20-9-4-6-16(18,19)7-5-9/h1-3,9H,4-8H2,(H,20,23)(H,21,22,24). The number of fused-ring (bicyclic) bond motifs is 1. The summed E-state index contributed by atoms with van der Waals surface area (Å²) in [5, 5.41) is 2.97. The summed E-state index contributed by atoms with van der Waals surface area (Å²) in [5.74, 6) is -3.64. The molecule has 0 spiro atoms. The topological polar surface area (TPSA) is 74.8 Å². The first-order valence-electron chi connectivity index (χ1n) is 7.83. The van der Waals surface area contributed by atoms with Crippen LogP contribution in [0, 0.1) is 5.82 Å². The Kier molecular flexibility index (Phi) is 5.03. The number of alkyl halides is 2. The molecular weight excluding hydrogens is 355 g/mol. The lowest BCUT2D eigenvalue weighted by Crippen LogP contribution is -2.41. The minimum absolute atomic E-state index is 0.0458. The lowest BCUT2D eigenvalue weighted by atomic mass is 9.92. The van der Waals surface area contributed by atoms with Gasteiger partial charge < -0.3 is 10.3 Å². The summed E-state index contributed by atoms with van der Waals surface area (Å²) >= 11 is 0.961. The lowest BCUT2D eigenvalue weighted by molar-refractivity contribution is -0.120. The number of rotatable bonds is 4. The van der Waals surface area contributed by atoms with Gasteiger partial charge in [-0.25, -0.2) is 18.2 Å². The quantitative estimate of drug-likeness (QED) is 0.640. The third kappa shape index (κ3) is 4.33. The van der Waals surface area contributed by atoms with Crippen molar-refractivity contribution in [2.45, 2.75) is 42.8 Å². The predicted octanol–water partition coefficient (Wildman–Crippen LogP) is 2.85. The van der Waals surface area contributed by atoms with Gasteiger partial charge in [-0.05, 0) is 25.0 Å². The number of carbonyl (C=O) groups is 1. The molecule has 1 fully saturated rings. The molecule has 0 aliphatic heterocycles. The number of amides is 1. The summed E-state index contributed by atoms with van der Waals surface area (Å²) < 4.78 is 39.9. The van der Waals surface area contributed by atoms with Gasteiger partial charge in [0.25, 0.3) is 5.56 Å². The molecule has 1 aliphatic rings. The second-order valence-corrected chi connectivity index (χ2v) is 6.96. The molecule has 0 saturated heterocycles. The highest BCUT2D eigenvalue weighted by Crippen LogP contribution is 2.33. The van der Waals surface area contributed by atoms with Gasteiger partial charge in [-0.2, -0.15) is 0 Å². The van der Waals surface area contributed by atoms with Crippen LogP contribution < -0.4 is 10.9 Å². The second-order valence-electron chi connectivity index (χ2n) is 5.99. The number of nitrogens with one attached hydrogen (secondary N) is 2. The molecule has 1 aromatic heterocycles. The number of aromatic amines is 1. The molecule has 0 radical (unpaired) electrons. The van der Waals surface area contributed by atoms with Crippen molar-refractivity contribution in [2.75, 3.05) is 5.75 Å². The zero-order chi connectivity index (χ0) is 18.0. The van der Waals surface area contributed by atoms with E-state index in [0.29, 0.717) is 0 Å². The number of H-pyrrole nitrogens is 1. The lowest BCUT2D eigenvalue weighted by Gasteiger charge is -2.28. The summed E-state index contributed by atoms with van der Waals surface area (Å²) in [5.41, 5.74) is -0.536. The normalized spacial score (nSPS) is 17.6. The first-order valence-corrected chi connectivity index (χ1v) is 8.81. The van der Waals surface area contributed by atoms with Gasteiger partial charge in [-0.15, -0.1) is 0 Å². The first-order chi connectivity index (χ1) is 11.8. The van der Waals surface area contributed by atoms with Gasteiger partial charge in [0.05, 0.1) is 11.1 Å². The van der Waals surface area contributed by atoms with Crippen LogP contribution >= 0.6 is 11.8 Å². The Labute approximate surface area is 145 Å². The molecule has 1 amide bonds. The number of halogens is 3. The Bertz CT molecular complexity index is 846. The van der Waals surface area contributed by atoms with Crippen LogP contribution in [0.5, 0.6) is 0 Å². The molecule has 1 aromatic carbocycles. The van der Waals surface area contributed by atoms with Crippen LogP contribution in [0.15, 0.2) is 28.2 Å². The average molecular weight is 371 g/mol. The van der Waals surface area contributed by atoms with Gasteiger partial charge in [0.15, 0.2) is 5.16 Å². The highest BCUT2D eigenvalue weighted by molar-refractivity contribution is 7.99. The van der Waals surface area contributed by atoms with Crippen molar-refractivity contribution < 1.29 is 18.0 Å². The Balaban J connectivity index is 1.60. The Morgan fingerprint density at radius 2 is 2.08 bits per heavy atom. The van der Waals surface area contributed by atoms with E-state index < -0.39 is 17.3 Å². The van der Waals surface area contributed by atoms with Crippen LogP contribution in [-0.2, 0) is 4.79 Å². The van der Waals surface area contributed by atoms with Crippen LogP contribution in [0.4, 0.5) is 13.2 Å². The maximum Gasteiger partial charge on any atom is 0.259 e. The Morgan fingerprint density at radius 1 is 1.36 bits per heavy atom. The highest BCUT2D eigenvalue weighted by atomic mass is 32.2. The largest absolute Gasteiger partial charge is 0.353 e. The predicted molar refractivity (Wildman–Crippen MR) is 88.4 cm³/mol. The van der Waals surface area contributed by atoms with Crippen molar-refractivity contribution in [3.8, 4) is 0 Å². The number of para-hydroxylation sites is 1. The Hall–Kier alpha value is -2.03. The Morgan fingerprint density at radius 3 is 2.80 bits per heavy atom. The van der Waals surface area contributed by atoms with E-state index in [1.165, 1.54) is 18.2 Å². The van der Waals surface area contributed by atoms with Gasteiger partial charge in [0.1, 0.15) is 11.3 Å². The molecule has 1 saturated carbocycles. The number of nitrogens with zero attached hydrogens (tertiary/aromatic N) is 1. The van der Waals surface area contributed by atoms with E-state index in [1.54, 1.807) is 0 Å². The molecule has 2 N–H and O–H groups in total. The van der Waals surface area contributed by atoms with Crippen molar-refractivity contribution in [3.05, 3.63) is 34.4 Å². The number of aromatic nitrogens is 2. The van der Waals surface area contributed by atoms with Crippen molar-refractivity contribution in [2.24, 2.45) is 0 Å². The monoisotopic (exact) mass is 371 g/mol. The molecule has 5 nitrogen and oxygen atoms in total. The molecule has 9 heteroatoms. The average Bonchev–Trinajstić information content (AvgIpc) is 2.56. The summed E-state index contributed by atoms with van der Waals surface area (Å²) in [7, 11) is 0. The van der Waals surface area contributed by atoms with Crippen LogP contribution in [-0.4, -0.2) is 33.6 Å². The molecule has 0 unspecified atom stereocenters. The third-order valence-corrected chi connectivity index (χ3v) is 4.96. The van der Waals surface area contributed by atoms with Crippen molar-refractivity contribution in [1.29, 1.82) is 0 Å². The summed E-state index contributed by atoms with van der Waals surface area (Å²) in [6.45, 7) is 0. The van der Waals surface area contributed by atoms with E-state index in [4.69, 9.17) is 0 Å². The first kappa shape index (κ1) is 17.8. The second kappa shape index (κ2) is 7.07. The van der Waals surface area contributed by atoms with E-state index in [2.05, 4.69) is 15.3 Å². The highest BCUT2D eigenvalue weighted by Gasteiger charge is 2.35. The van der Waals surface area contributed by atoms with E-state index in [-0.39, 0.29) is 59.4 Å². The van der Waals surface area contributed by atoms with E-state index in [1.807, 2.05) is 0 Å². The smallest absolute Gasteiger partial charge is 0.259 e. The minimum Gasteiger partial charge on any atom is -0.353 e. The van der Waals surface area contributed by atoms with Crippen LogP contribution in [0.25, 0.3) is 10.9 Å². The number of hydrogen-bond donors (Lipinski definition) is 2. The third-order valence-electron chi connectivity index (χ3n) is 4.09. The number of carbonyl (C=O) groups excluding carboxylic acids is 1. The zero-order valence-corrected chi connectivity index (χ0v) is 14.0. The molecule has 0 atom stereocenters. The van der Waals surface area contributed by atoms with Crippen molar-refractivity contribution >= 4 is 28.6 Å². The fraction of sp³-hybridized carbons (Fsp3) is 0.438. The van der Waals surface area contributed by atoms with E-state index in [0.717, 1.165) is 11.8 Å². The van der Waals surface area contributed by atoms with Crippen molar-refractivity contribution in [3.63, 3.8) is 0 Å². The summed E-state index contributed by atoms with van der Waals surface area (Å²) in [6, 6.07) is 3.82. The van der Waals surface area contributed by atoms with E-state index in [9.17, 15) is 22.8 Å². The molecule has 0 bridgehead atoms. The number of benzene rings is 1. The van der Waals surface area contributed by atoms with Crippen LogP contribution in [0.1, 0.15) is 25.7 Å². The molecule has 1 aliphatic carbocycles. The van der Waals surface area contributed by atoms with Crippen LogP contribution in [0.2, 0.25) is 0 Å². The molecule has 1 heterocycles. The van der Waals surface area contributed by atoms with Gasteiger partial charge in [0, 0.05) is 18.9 Å². The zero-order valence-electron chi connectivity index (χ0n) is 13.2. The van der Waals surface area contributed by atoms with Gasteiger partial charge in [-0.3, -0.25) is 9.59 Å². The summed E-state index contributed by atoms with van der Waals surface area (Å²) in [6.07, 6.45) is 0.00713. The molecule has 134 valence electrons. The fourth-order valence-electron chi connectivity index (χ4n) is 2.76. The molecule has 3 rings (SSSR count). The molecule has 2 aromatic rings.